The van der Waals surface area contributed by atoms with Gasteiger partial charge in [-0.3, -0.25) is 4.79 Å². The molecular weight excluding hydrogens is 272 g/mol. The summed E-state index contributed by atoms with van der Waals surface area (Å²) in [6, 6.07) is 0.150. The number of rotatable bonds is 8. The number of hydrogen-bond acceptors (Lipinski definition) is 5. The zero-order valence-corrected chi connectivity index (χ0v) is 13.7. The Morgan fingerprint density at radius 1 is 1.50 bits per heavy atom. The first kappa shape index (κ1) is 17.1. The Kier molecular flexibility index (Phi) is 7.12. The molecule has 3 N–H and O–H groups in total. The highest BCUT2D eigenvalue weighted by Crippen LogP contribution is 2.11. The van der Waals surface area contributed by atoms with Gasteiger partial charge in [0.05, 0.1) is 5.01 Å². The lowest BCUT2D eigenvalue weighted by Gasteiger charge is -2.23. The van der Waals surface area contributed by atoms with Gasteiger partial charge in [0.2, 0.25) is 0 Å². The number of carbonyl (C=O) groups excluding carboxylic acids is 1. The second-order valence-corrected chi connectivity index (χ2v) is 6.67. The topological polar surface area (TPSA) is 71.2 Å². The van der Waals surface area contributed by atoms with Crippen molar-refractivity contribution in [1.29, 1.82) is 0 Å². The summed E-state index contributed by atoms with van der Waals surface area (Å²) >= 11 is 1.49. The molecule has 0 saturated heterocycles. The van der Waals surface area contributed by atoms with Crippen LogP contribution in [-0.4, -0.2) is 49.0 Å². The van der Waals surface area contributed by atoms with E-state index in [2.05, 4.69) is 29.0 Å². The molecule has 0 aliphatic carbocycles. The predicted molar refractivity (Wildman–Crippen MR) is 84.1 cm³/mol. The molecule has 5 nitrogen and oxygen atoms in total. The van der Waals surface area contributed by atoms with Crippen LogP contribution in [0.5, 0.6) is 0 Å². The van der Waals surface area contributed by atoms with Crippen LogP contribution in [-0.2, 0) is 6.42 Å². The summed E-state index contributed by atoms with van der Waals surface area (Å²) in [5, 5.41) is 5.81. The van der Waals surface area contributed by atoms with Crippen LogP contribution in [0.4, 0.5) is 0 Å². The normalized spacial score (nSPS) is 12.9. The van der Waals surface area contributed by atoms with Crippen molar-refractivity contribution < 1.29 is 4.79 Å². The standard InChI is InChI=1S/C14H26N4OS/c1-10(2)7-11(8-18(3)4)16-14(19)12-9-20-13(17-12)5-6-15/h9-11H,5-8,15H2,1-4H3,(H,16,19). The van der Waals surface area contributed by atoms with Crippen molar-refractivity contribution in [3.05, 3.63) is 16.1 Å². The fraction of sp³-hybridized carbons (Fsp3) is 0.714. The van der Waals surface area contributed by atoms with E-state index in [0.29, 0.717) is 18.2 Å². The van der Waals surface area contributed by atoms with Crippen LogP contribution in [0.1, 0.15) is 35.8 Å². The zero-order chi connectivity index (χ0) is 15.1. The van der Waals surface area contributed by atoms with Gasteiger partial charge in [-0.15, -0.1) is 11.3 Å². The smallest absolute Gasteiger partial charge is 0.271 e. The Morgan fingerprint density at radius 2 is 2.20 bits per heavy atom. The van der Waals surface area contributed by atoms with Crippen LogP contribution in [0.25, 0.3) is 0 Å². The van der Waals surface area contributed by atoms with Gasteiger partial charge in [-0.05, 0) is 33.0 Å². The number of nitrogens with one attached hydrogen (secondary N) is 1. The Balaban J connectivity index is 2.63. The monoisotopic (exact) mass is 298 g/mol. The van der Waals surface area contributed by atoms with Gasteiger partial charge in [0.25, 0.3) is 5.91 Å². The molecule has 6 heteroatoms. The lowest BCUT2D eigenvalue weighted by atomic mass is 10.0. The maximum atomic E-state index is 12.2. The average Bonchev–Trinajstić information content (AvgIpc) is 2.76. The number of amides is 1. The molecule has 0 aromatic carbocycles. The molecular formula is C14H26N4OS. The van der Waals surface area contributed by atoms with Crippen molar-refractivity contribution >= 4 is 17.2 Å². The molecule has 1 heterocycles. The largest absolute Gasteiger partial charge is 0.347 e. The summed E-state index contributed by atoms with van der Waals surface area (Å²) in [4.78, 5) is 18.6. The maximum absolute atomic E-state index is 12.2. The summed E-state index contributed by atoms with van der Waals surface area (Å²) in [5.41, 5.74) is 6.00. The summed E-state index contributed by atoms with van der Waals surface area (Å²) < 4.78 is 0. The molecule has 0 spiro atoms. The molecule has 0 radical (unpaired) electrons. The van der Waals surface area contributed by atoms with Gasteiger partial charge in [-0.2, -0.15) is 0 Å². The summed E-state index contributed by atoms with van der Waals surface area (Å²) in [7, 11) is 4.03. The number of hydrogen-bond donors (Lipinski definition) is 2. The SMILES string of the molecule is CC(C)CC(CN(C)C)NC(=O)c1csc(CCN)n1. The van der Waals surface area contributed by atoms with Gasteiger partial charge in [-0.1, -0.05) is 13.8 Å². The lowest BCUT2D eigenvalue weighted by molar-refractivity contribution is 0.0920. The minimum absolute atomic E-state index is 0.0861. The average molecular weight is 298 g/mol. The van der Waals surface area contributed by atoms with Crippen LogP contribution >= 0.6 is 11.3 Å². The summed E-state index contributed by atoms with van der Waals surface area (Å²) in [6.45, 7) is 5.73. The Bertz CT molecular complexity index is 407. The molecule has 1 amide bonds. The molecule has 1 atom stereocenters. The Labute approximate surface area is 125 Å². The van der Waals surface area contributed by atoms with Gasteiger partial charge >= 0.3 is 0 Å². The third-order valence-electron chi connectivity index (χ3n) is 2.82. The molecule has 0 aliphatic heterocycles. The molecule has 1 aromatic rings. The number of carbonyl (C=O) groups is 1. The lowest BCUT2D eigenvalue weighted by Crippen LogP contribution is -2.42. The van der Waals surface area contributed by atoms with E-state index in [1.54, 1.807) is 0 Å². The van der Waals surface area contributed by atoms with Crippen molar-refractivity contribution in [2.24, 2.45) is 11.7 Å². The summed E-state index contributed by atoms with van der Waals surface area (Å²) in [5.74, 6) is 0.459. The van der Waals surface area contributed by atoms with Crippen molar-refractivity contribution in [1.82, 2.24) is 15.2 Å². The van der Waals surface area contributed by atoms with Crippen LogP contribution < -0.4 is 11.1 Å². The third-order valence-corrected chi connectivity index (χ3v) is 3.73. The first-order valence-electron chi connectivity index (χ1n) is 7.02. The predicted octanol–water partition coefficient (Wildman–Crippen LogP) is 1.35. The second kappa shape index (κ2) is 8.34. The van der Waals surface area contributed by atoms with E-state index in [-0.39, 0.29) is 11.9 Å². The number of aromatic nitrogens is 1. The Morgan fingerprint density at radius 3 is 2.75 bits per heavy atom. The molecule has 20 heavy (non-hydrogen) atoms. The van der Waals surface area contributed by atoms with Crippen LogP contribution in [0.15, 0.2) is 5.38 Å². The molecule has 0 aliphatic rings. The molecule has 0 bridgehead atoms. The number of likely N-dealkylation sites (N-methyl/N-ethyl adjacent to an activating group) is 1. The van der Waals surface area contributed by atoms with Crippen LogP contribution in [0, 0.1) is 5.92 Å². The summed E-state index contributed by atoms with van der Waals surface area (Å²) in [6.07, 6.45) is 1.69. The van der Waals surface area contributed by atoms with E-state index >= 15 is 0 Å². The van der Waals surface area contributed by atoms with Crippen LogP contribution in [0.3, 0.4) is 0 Å². The number of nitrogens with zero attached hydrogens (tertiary/aromatic N) is 2. The van der Waals surface area contributed by atoms with E-state index < -0.39 is 0 Å². The van der Waals surface area contributed by atoms with Gasteiger partial charge in [0, 0.05) is 24.4 Å². The van der Waals surface area contributed by atoms with Gasteiger partial charge < -0.3 is 16.0 Å². The fourth-order valence-electron chi connectivity index (χ4n) is 2.10. The molecule has 0 fully saturated rings. The van der Waals surface area contributed by atoms with E-state index in [9.17, 15) is 4.79 Å². The van der Waals surface area contributed by atoms with Gasteiger partial charge in [0.15, 0.2) is 0 Å². The van der Waals surface area contributed by atoms with E-state index in [0.717, 1.165) is 24.4 Å². The number of thiazole rings is 1. The second-order valence-electron chi connectivity index (χ2n) is 5.73. The molecule has 0 saturated carbocycles. The Hall–Kier alpha value is -0.980. The van der Waals surface area contributed by atoms with Crippen molar-refractivity contribution in [2.45, 2.75) is 32.7 Å². The quantitative estimate of drug-likeness (QED) is 0.760. The third kappa shape index (κ3) is 5.98. The van der Waals surface area contributed by atoms with E-state index in [1.165, 1.54) is 11.3 Å². The molecule has 1 rings (SSSR count). The highest BCUT2D eigenvalue weighted by atomic mass is 32.1. The first-order valence-corrected chi connectivity index (χ1v) is 7.90. The highest BCUT2D eigenvalue weighted by molar-refractivity contribution is 7.09. The maximum Gasteiger partial charge on any atom is 0.271 e. The van der Waals surface area contributed by atoms with E-state index in [1.807, 2.05) is 19.5 Å². The zero-order valence-electron chi connectivity index (χ0n) is 12.8. The molecule has 1 unspecified atom stereocenters. The molecule has 114 valence electrons. The van der Waals surface area contributed by atoms with Gasteiger partial charge in [-0.25, -0.2) is 4.98 Å². The van der Waals surface area contributed by atoms with Crippen molar-refractivity contribution in [3.63, 3.8) is 0 Å². The van der Waals surface area contributed by atoms with Gasteiger partial charge in [0.1, 0.15) is 5.69 Å². The van der Waals surface area contributed by atoms with Crippen LogP contribution in [0.2, 0.25) is 0 Å². The van der Waals surface area contributed by atoms with E-state index in [4.69, 9.17) is 5.73 Å². The molecule has 1 aromatic heterocycles. The highest BCUT2D eigenvalue weighted by Gasteiger charge is 2.17. The first-order chi connectivity index (χ1) is 9.42. The number of nitrogens with two attached hydrogens (primary N) is 1. The fourth-order valence-corrected chi connectivity index (χ4v) is 2.90. The minimum Gasteiger partial charge on any atom is -0.347 e. The van der Waals surface area contributed by atoms with Crippen molar-refractivity contribution in [2.75, 3.05) is 27.2 Å². The van der Waals surface area contributed by atoms with Crippen molar-refractivity contribution in [3.8, 4) is 0 Å². The minimum atomic E-state index is -0.0861.